The van der Waals surface area contributed by atoms with Gasteiger partial charge in [-0.25, -0.2) is 4.39 Å². The van der Waals surface area contributed by atoms with Crippen molar-refractivity contribution in [2.24, 2.45) is 0 Å². The van der Waals surface area contributed by atoms with Gasteiger partial charge in [0.1, 0.15) is 32.0 Å². The number of nitrogens with zero attached hydrogens (tertiary/aromatic N) is 1. The summed E-state index contributed by atoms with van der Waals surface area (Å²) in [5.74, 6) is -0.190. The first-order valence-corrected chi connectivity index (χ1v) is 10.9. The van der Waals surface area contributed by atoms with E-state index in [9.17, 15) is 14.0 Å². The third-order valence-electron chi connectivity index (χ3n) is 6.55. The molecule has 1 aromatic rings. The molecule has 1 aromatic carbocycles. The van der Waals surface area contributed by atoms with Crippen LogP contribution in [0.5, 0.6) is 0 Å². The molecule has 7 heteroatoms. The molecule has 0 aliphatic carbocycles. The number of anilines is 1. The lowest BCUT2D eigenvalue weighted by atomic mass is 9.96. The van der Waals surface area contributed by atoms with Crippen LogP contribution < -0.4 is 15.1 Å². The maximum absolute atomic E-state index is 13.3. The van der Waals surface area contributed by atoms with Crippen molar-refractivity contribution in [3.05, 3.63) is 30.1 Å². The molecule has 2 saturated heterocycles. The number of amides is 2. The van der Waals surface area contributed by atoms with Crippen LogP contribution in [0.1, 0.15) is 40.0 Å². The number of piperazine rings is 1. The zero-order valence-electron chi connectivity index (χ0n) is 17.8. The van der Waals surface area contributed by atoms with Gasteiger partial charge in [0.2, 0.25) is 0 Å². The summed E-state index contributed by atoms with van der Waals surface area (Å²) in [4.78, 5) is 30.0. The van der Waals surface area contributed by atoms with E-state index in [1.165, 1.54) is 28.4 Å². The summed E-state index contributed by atoms with van der Waals surface area (Å²) in [6, 6.07) is 6.57. The molecule has 6 nitrogen and oxygen atoms in total. The van der Waals surface area contributed by atoms with Gasteiger partial charge in [0.25, 0.3) is 11.8 Å². The first kappa shape index (κ1) is 21.7. The lowest BCUT2D eigenvalue weighted by Gasteiger charge is -2.42. The number of carbonyl (C=O) groups is 2. The lowest BCUT2D eigenvalue weighted by Crippen LogP contribution is -3.30. The Bertz CT molecular complexity index is 711. The minimum Gasteiger partial charge on any atom is -0.332 e. The number of nitrogens with one attached hydrogen (secondary N) is 3. The number of benzene rings is 1. The Labute approximate surface area is 173 Å². The van der Waals surface area contributed by atoms with E-state index in [1.807, 2.05) is 6.92 Å². The van der Waals surface area contributed by atoms with E-state index in [0.717, 1.165) is 39.0 Å². The van der Waals surface area contributed by atoms with Crippen molar-refractivity contribution >= 4 is 17.5 Å². The van der Waals surface area contributed by atoms with Gasteiger partial charge >= 0.3 is 0 Å². The summed E-state index contributed by atoms with van der Waals surface area (Å²) in [5.41, 5.74) is 0.489. The number of piperidine rings is 1. The predicted molar refractivity (Wildman–Crippen MR) is 110 cm³/mol. The first-order valence-electron chi connectivity index (χ1n) is 10.9. The van der Waals surface area contributed by atoms with E-state index >= 15 is 0 Å². The number of hydrogen-bond acceptors (Lipinski definition) is 2. The SMILES string of the molecule is C[C@@H]1CCC[C@@H](C)N1C(=O)[C@@H](C)[NH+]1CC[NH+](CC(=O)Nc2cccc(F)c2)CC1. The van der Waals surface area contributed by atoms with E-state index in [4.69, 9.17) is 0 Å². The summed E-state index contributed by atoms with van der Waals surface area (Å²) in [5, 5.41) is 2.77. The molecule has 29 heavy (non-hydrogen) atoms. The van der Waals surface area contributed by atoms with Gasteiger partial charge in [0.15, 0.2) is 12.6 Å². The number of quaternary nitrogens is 2. The predicted octanol–water partition coefficient (Wildman–Crippen LogP) is -0.274. The Hall–Kier alpha value is -1.99. The van der Waals surface area contributed by atoms with Gasteiger partial charge in [-0.1, -0.05) is 6.07 Å². The molecular formula is C22H35FN4O2+2. The maximum atomic E-state index is 13.3. The maximum Gasteiger partial charge on any atom is 0.281 e. The summed E-state index contributed by atoms with van der Waals surface area (Å²) in [7, 11) is 0. The molecule has 2 aliphatic rings. The van der Waals surface area contributed by atoms with Crippen LogP contribution in [-0.4, -0.2) is 67.6 Å². The van der Waals surface area contributed by atoms with Gasteiger partial charge in [-0.2, -0.15) is 0 Å². The number of hydrogen-bond donors (Lipinski definition) is 3. The minimum absolute atomic E-state index is 0.0410. The number of carbonyl (C=O) groups excluding carboxylic acids is 2. The molecule has 3 atom stereocenters. The van der Waals surface area contributed by atoms with Gasteiger partial charge in [-0.05, 0) is 58.2 Å². The minimum atomic E-state index is -0.358. The van der Waals surface area contributed by atoms with Crippen LogP contribution in [0, 0.1) is 5.82 Å². The van der Waals surface area contributed by atoms with E-state index in [-0.39, 0.29) is 23.7 Å². The van der Waals surface area contributed by atoms with Gasteiger partial charge in [0, 0.05) is 17.8 Å². The summed E-state index contributed by atoms with van der Waals surface area (Å²) >= 11 is 0. The lowest BCUT2D eigenvalue weighted by molar-refractivity contribution is -1.02. The average molecular weight is 407 g/mol. The Morgan fingerprint density at radius 3 is 2.45 bits per heavy atom. The molecule has 0 bridgehead atoms. The van der Waals surface area contributed by atoms with Crippen molar-refractivity contribution < 1.29 is 23.8 Å². The topological polar surface area (TPSA) is 58.3 Å². The van der Waals surface area contributed by atoms with Gasteiger partial charge in [0.05, 0.1) is 0 Å². The number of rotatable bonds is 5. The summed E-state index contributed by atoms with van der Waals surface area (Å²) < 4.78 is 13.3. The summed E-state index contributed by atoms with van der Waals surface area (Å²) in [6.45, 7) is 10.2. The highest BCUT2D eigenvalue weighted by atomic mass is 19.1. The van der Waals surface area contributed by atoms with Crippen molar-refractivity contribution in [3.8, 4) is 0 Å². The quantitative estimate of drug-likeness (QED) is 0.630. The zero-order chi connectivity index (χ0) is 21.0. The van der Waals surface area contributed by atoms with Gasteiger partial charge in [-0.3, -0.25) is 9.59 Å². The third-order valence-corrected chi connectivity index (χ3v) is 6.55. The second kappa shape index (κ2) is 9.67. The van der Waals surface area contributed by atoms with Gasteiger partial charge < -0.3 is 20.0 Å². The number of halogens is 1. The van der Waals surface area contributed by atoms with E-state index in [2.05, 4.69) is 24.1 Å². The van der Waals surface area contributed by atoms with Crippen LogP contribution in [0.2, 0.25) is 0 Å². The van der Waals surface area contributed by atoms with Crippen molar-refractivity contribution in [1.29, 1.82) is 0 Å². The summed E-state index contributed by atoms with van der Waals surface area (Å²) in [6.07, 6.45) is 3.39. The zero-order valence-corrected chi connectivity index (χ0v) is 17.8. The highest BCUT2D eigenvalue weighted by molar-refractivity contribution is 5.91. The average Bonchev–Trinajstić information content (AvgIpc) is 2.67. The molecule has 0 aromatic heterocycles. The van der Waals surface area contributed by atoms with Crippen molar-refractivity contribution in [3.63, 3.8) is 0 Å². The number of likely N-dealkylation sites (tertiary alicyclic amines) is 1. The van der Waals surface area contributed by atoms with E-state index in [0.29, 0.717) is 24.3 Å². The monoisotopic (exact) mass is 406 g/mol. The van der Waals surface area contributed by atoms with Crippen molar-refractivity contribution in [2.75, 3.05) is 38.0 Å². The highest BCUT2D eigenvalue weighted by Gasteiger charge is 2.38. The van der Waals surface area contributed by atoms with Crippen molar-refractivity contribution in [2.45, 2.75) is 58.2 Å². The molecule has 160 valence electrons. The fourth-order valence-electron chi connectivity index (χ4n) is 4.79. The normalized spacial score (nSPS) is 28.6. The molecule has 3 rings (SSSR count). The Balaban J connectivity index is 1.47. The molecule has 2 amide bonds. The molecule has 3 N–H and O–H groups in total. The van der Waals surface area contributed by atoms with E-state index < -0.39 is 0 Å². The van der Waals surface area contributed by atoms with E-state index in [1.54, 1.807) is 12.1 Å². The molecule has 2 aliphatic heterocycles. The molecule has 0 spiro atoms. The van der Waals surface area contributed by atoms with Gasteiger partial charge in [-0.15, -0.1) is 0 Å². The fourth-order valence-corrected chi connectivity index (χ4v) is 4.79. The Morgan fingerprint density at radius 1 is 1.17 bits per heavy atom. The molecule has 0 saturated carbocycles. The second-order valence-corrected chi connectivity index (χ2v) is 8.74. The Kier molecular flexibility index (Phi) is 7.24. The molecule has 0 unspecified atom stereocenters. The highest BCUT2D eigenvalue weighted by Crippen LogP contribution is 2.22. The van der Waals surface area contributed by atoms with Crippen LogP contribution in [0.25, 0.3) is 0 Å². The van der Waals surface area contributed by atoms with Crippen molar-refractivity contribution in [1.82, 2.24) is 4.90 Å². The third kappa shape index (κ3) is 5.54. The van der Waals surface area contributed by atoms with Crippen LogP contribution in [0.3, 0.4) is 0 Å². The molecular weight excluding hydrogens is 371 g/mol. The smallest absolute Gasteiger partial charge is 0.281 e. The Morgan fingerprint density at radius 2 is 1.83 bits per heavy atom. The van der Waals surface area contributed by atoms with Crippen LogP contribution >= 0.6 is 0 Å². The standard InChI is InChI=1S/C22H33FN4O2/c1-16-6-4-7-17(2)27(16)22(29)18(3)26-12-10-25(11-13-26)15-21(28)24-20-9-5-8-19(23)14-20/h5,8-9,14,16-18H,4,6-7,10-13,15H2,1-3H3,(H,24,28)/p+2/t16-,17-,18-/m1/s1. The van der Waals surface area contributed by atoms with Crippen LogP contribution in [0.4, 0.5) is 10.1 Å². The largest absolute Gasteiger partial charge is 0.332 e. The molecule has 2 fully saturated rings. The molecule has 0 radical (unpaired) electrons. The van der Waals surface area contributed by atoms with Crippen LogP contribution in [-0.2, 0) is 9.59 Å². The second-order valence-electron chi connectivity index (χ2n) is 8.74. The first-order chi connectivity index (χ1) is 13.8. The van der Waals surface area contributed by atoms with Crippen LogP contribution in [0.15, 0.2) is 24.3 Å². The fraction of sp³-hybridized carbons (Fsp3) is 0.636. The molecule has 2 heterocycles.